The lowest BCUT2D eigenvalue weighted by Gasteiger charge is -2.27. The van der Waals surface area contributed by atoms with Crippen molar-refractivity contribution in [3.8, 4) is 22.6 Å². The molecule has 170 valence electrons. The molecule has 0 aromatic heterocycles. The fourth-order valence-electron chi connectivity index (χ4n) is 4.88. The van der Waals surface area contributed by atoms with Crippen molar-refractivity contribution in [2.75, 3.05) is 40.4 Å². The van der Waals surface area contributed by atoms with Gasteiger partial charge in [0, 0.05) is 48.4 Å². The third-order valence-corrected chi connectivity index (χ3v) is 6.44. The second kappa shape index (κ2) is 9.02. The number of fused-ring (bicyclic) bond motifs is 2. The van der Waals surface area contributed by atoms with Crippen LogP contribution >= 0.6 is 0 Å². The number of phenolic OH excluding ortho intramolecular Hbond substituents is 2. The number of aromatic hydroxyl groups is 2. The van der Waals surface area contributed by atoms with Crippen molar-refractivity contribution >= 4 is 21.5 Å². The lowest BCUT2D eigenvalue weighted by atomic mass is 9.88. The summed E-state index contributed by atoms with van der Waals surface area (Å²) in [5.74, 6) is 0.467. The van der Waals surface area contributed by atoms with E-state index in [1.54, 1.807) is 0 Å². The van der Waals surface area contributed by atoms with Crippen molar-refractivity contribution < 1.29 is 14.9 Å². The number of hydrogen-bond donors (Lipinski definition) is 2. The van der Waals surface area contributed by atoms with Crippen molar-refractivity contribution in [2.24, 2.45) is 0 Å². The Morgan fingerprint density at radius 2 is 1.30 bits per heavy atom. The molecular weight excluding hydrogens is 412 g/mol. The topological polar surface area (TPSA) is 56.2 Å². The van der Waals surface area contributed by atoms with E-state index in [1.807, 2.05) is 61.5 Å². The summed E-state index contributed by atoms with van der Waals surface area (Å²) in [4.78, 5) is 4.35. The predicted octanol–water partition coefficient (Wildman–Crippen LogP) is 4.97. The van der Waals surface area contributed by atoms with Gasteiger partial charge in [-0.3, -0.25) is 4.90 Å². The van der Waals surface area contributed by atoms with E-state index in [0.29, 0.717) is 37.4 Å². The fourth-order valence-corrected chi connectivity index (χ4v) is 4.88. The summed E-state index contributed by atoms with van der Waals surface area (Å²) in [6, 6.07) is 20.3. The SMILES string of the molecule is CN(C)Cc1cc2ccccc2c(-c2c(O)c(CN3CCOCC3)cc3ccccc23)c1O. The molecule has 4 aromatic carbocycles. The summed E-state index contributed by atoms with van der Waals surface area (Å²) < 4.78 is 5.50. The summed E-state index contributed by atoms with van der Waals surface area (Å²) in [6.07, 6.45) is 0. The minimum absolute atomic E-state index is 0.228. The van der Waals surface area contributed by atoms with Crippen LogP contribution in [0.25, 0.3) is 32.7 Å². The van der Waals surface area contributed by atoms with Crippen LogP contribution in [0.3, 0.4) is 0 Å². The number of ether oxygens (including phenoxy) is 1. The van der Waals surface area contributed by atoms with Gasteiger partial charge in [0.1, 0.15) is 11.5 Å². The molecule has 1 heterocycles. The molecule has 0 bridgehead atoms. The van der Waals surface area contributed by atoms with E-state index in [9.17, 15) is 10.2 Å². The minimum atomic E-state index is 0.228. The van der Waals surface area contributed by atoms with Crippen LogP contribution in [0.1, 0.15) is 11.1 Å². The molecule has 4 aromatic rings. The highest BCUT2D eigenvalue weighted by Gasteiger charge is 2.23. The number of benzene rings is 4. The largest absolute Gasteiger partial charge is 0.507 e. The van der Waals surface area contributed by atoms with Crippen LogP contribution in [-0.4, -0.2) is 60.4 Å². The molecule has 33 heavy (non-hydrogen) atoms. The van der Waals surface area contributed by atoms with Gasteiger partial charge in [0.05, 0.1) is 13.2 Å². The van der Waals surface area contributed by atoms with Crippen LogP contribution in [-0.2, 0) is 17.8 Å². The number of morpholine rings is 1. The van der Waals surface area contributed by atoms with E-state index in [1.165, 1.54) is 0 Å². The van der Waals surface area contributed by atoms with E-state index in [-0.39, 0.29) is 11.5 Å². The molecule has 0 unspecified atom stereocenters. The van der Waals surface area contributed by atoms with Crippen molar-refractivity contribution in [3.63, 3.8) is 0 Å². The Morgan fingerprint density at radius 3 is 1.88 bits per heavy atom. The minimum Gasteiger partial charge on any atom is -0.507 e. The third kappa shape index (κ3) is 4.15. The predicted molar refractivity (Wildman–Crippen MR) is 134 cm³/mol. The molecule has 5 nitrogen and oxygen atoms in total. The van der Waals surface area contributed by atoms with E-state index in [0.717, 1.165) is 45.8 Å². The maximum atomic E-state index is 11.6. The maximum absolute atomic E-state index is 11.6. The molecule has 1 aliphatic heterocycles. The maximum Gasteiger partial charge on any atom is 0.128 e. The molecule has 1 saturated heterocycles. The molecule has 0 saturated carbocycles. The Balaban J connectivity index is 1.79. The normalized spacial score (nSPS) is 15.0. The zero-order valence-electron chi connectivity index (χ0n) is 19.2. The lowest BCUT2D eigenvalue weighted by molar-refractivity contribution is 0.0339. The van der Waals surface area contributed by atoms with Crippen molar-refractivity contribution in [1.82, 2.24) is 9.80 Å². The molecule has 2 N–H and O–H groups in total. The fraction of sp³-hybridized carbons (Fsp3) is 0.286. The second-order valence-corrected chi connectivity index (χ2v) is 9.09. The van der Waals surface area contributed by atoms with Gasteiger partial charge in [0.15, 0.2) is 0 Å². The highest BCUT2D eigenvalue weighted by Crippen LogP contribution is 2.47. The smallest absolute Gasteiger partial charge is 0.128 e. The Kier molecular flexibility index (Phi) is 5.94. The van der Waals surface area contributed by atoms with Gasteiger partial charge in [-0.2, -0.15) is 0 Å². The van der Waals surface area contributed by atoms with Gasteiger partial charge >= 0.3 is 0 Å². The standard InChI is InChI=1S/C28H30N2O3/c1-29(2)17-21-15-19-7-3-5-9-23(19)25(27(21)31)26-24-10-6-4-8-20(24)16-22(28(26)32)18-30-11-13-33-14-12-30/h3-10,15-16,31-32H,11-14,17-18H2,1-2H3. The molecule has 5 heteroatoms. The van der Waals surface area contributed by atoms with Crippen LogP contribution in [0, 0.1) is 0 Å². The summed E-state index contributed by atoms with van der Waals surface area (Å²) in [5.41, 5.74) is 3.11. The molecule has 1 fully saturated rings. The van der Waals surface area contributed by atoms with E-state index < -0.39 is 0 Å². The monoisotopic (exact) mass is 442 g/mol. The van der Waals surface area contributed by atoms with Gasteiger partial charge in [-0.05, 0) is 47.8 Å². The van der Waals surface area contributed by atoms with Gasteiger partial charge in [-0.1, -0.05) is 48.5 Å². The van der Waals surface area contributed by atoms with Crippen LogP contribution < -0.4 is 0 Å². The van der Waals surface area contributed by atoms with Gasteiger partial charge in [-0.25, -0.2) is 0 Å². The number of nitrogens with zero attached hydrogens (tertiary/aromatic N) is 2. The molecule has 0 radical (unpaired) electrons. The van der Waals surface area contributed by atoms with Gasteiger partial charge in [0.25, 0.3) is 0 Å². The number of phenols is 2. The molecule has 0 amide bonds. The molecule has 0 aliphatic carbocycles. The summed E-state index contributed by atoms with van der Waals surface area (Å²) in [5, 5.41) is 27.1. The molecule has 1 aliphatic rings. The van der Waals surface area contributed by atoms with Crippen LogP contribution in [0.2, 0.25) is 0 Å². The van der Waals surface area contributed by atoms with E-state index >= 15 is 0 Å². The Labute approximate surface area is 194 Å². The second-order valence-electron chi connectivity index (χ2n) is 9.09. The average molecular weight is 443 g/mol. The Morgan fingerprint density at radius 1 is 0.788 bits per heavy atom. The molecule has 5 rings (SSSR count). The first-order valence-electron chi connectivity index (χ1n) is 11.5. The molecule has 0 spiro atoms. The lowest BCUT2D eigenvalue weighted by Crippen LogP contribution is -2.35. The van der Waals surface area contributed by atoms with Crippen LogP contribution in [0.15, 0.2) is 60.7 Å². The van der Waals surface area contributed by atoms with Crippen molar-refractivity contribution in [1.29, 1.82) is 0 Å². The first-order chi connectivity index (χ1) is 16.0. The summed E-state index contributed by atoms with van der Waals surface area (Å²) in [7, 11) is 3.98. The summed E-state index contributed by atoms with van der Waals surface area (Å²) in [6.45, 7) is 4.35. The first kappa shape index (κ1) is 21.7. The van der Waals surface area contributed by atoms with Gasteiger partial charge in [-0.15, -0.1) is 0 Å². The van der Waals surface area contributed by atoms with Gasteiger partial charge < -0.3 is 19.8 Å². The van der Waals surface area contributed by atoms with Crippen LogP contribution in [0.4, 0.5) is 0 Å². The molecular formula is C28H30N2O3. The number of rotatable bonds is 5. The number of hydrogen-bond acceptors (Lipinski definition) is 5. The van der Waals surface area contributed by atoms with Crippen LogP contribution in [0.5, 0.6) is 11.5 Å². The highest BCUT2D eigenvalue weighted by atomic mass is 16.5. The third-order valence-electron chi connectivity index (χ3n) is 6.44. The summed E-state index contributed by atoms with van der Waals surface area (Å²) >= 11 is 0. The van der Waals surface area contributed by atoms with E-state index in [2.05, 4.69) is 23.1 Å². The van der Waals surface area contributed by atoms with Gasteiger partial charge in [0.2, 0.25) is 0 Å². The molecule has 0 atom stereocenters. The zero-order chi connectivity index (χ0) is 22.9. The Hall–Kier alpha value is -3.12. The zero-order valence-corrected chi connectivity index (χ0v) is 19.2. The highest BCUT2D eigenvalue weighted by molar-refractivity contribution is 6.10. The average Bonchev–Trinajstić information content (AvgIpc) is 2.81. The van der Waals surface area contributed by atoms with E-state index in [4.69, 9.17) is 4.74 Å². The Bertz CT molecular complexity index is 1310. The quantitative estimate of drug-likeness (QED) is 0.457. The van der Waals surface area contributed by atoms with Crippen molar-refractivity contribution in [2.45, 2.75) is 13.1 Å². The first-order valence-corrected chi connectivity index (χ1v) is 11.5. The van der Waals surface area contributed by atoms with Crippen molar-refractivity contribution in [3.05, 3.63) is 71.8 Å².